The van der Waals surface area contributed by atoms with Crippen LogP contribution >= 0.6 is 11.8 Å². The Morgan fingerprint density at radius 2 is 2.05 bits per heavy atom. The van der Waals surface area contributed by atoms with Crippen molar-refractivity contribution in [2.75, 3.05) is 31.9 Å². The zero-order valence-corrected chi connectivity index (χ0v) is 12.3. The van der Waals surface area contributed by atoms with E-state index in [0.29, 0.717) is 6.42 Å². The molecule has 1 aliphatic rings. The summed E-state index contributed by atoms with van der Waals surface area (Å²) in [6.07, 6.45) is 1.58. The number of hydrogen-bond donors (Lipinski definition) is 1. The molecule has 4 heteroatoms. The number of rotatable bonds is 4. The van der Waals surface area contributed by atoms with Gasteiger partial charge in [0, 0.05) is 24.5 Å². The quantitative estimate of drug-likeness (QED) is 0.857. The Kier molecular flexibility index (Phi) is 5.73. The molecule has 1 heterocycles. The van der Waals surface area contributed by atoms with Gasteiger partial charge in [-0.25, -0.2) is 0 Å². The molecule has 0 saturated carbocycles. The first-order chi connectivity index (χ1) is 9.29. The molecule has 1 saturated heterocycles. The van der Waals surface area contributed by atoms with E-state index in [0.717, 1.165) is 43.9 Å². The standard InChI is InChI=1S/C15H22N2OS/c1-2-19-14-6-4-13(5-7-14)12-15(18)17-10-3-8-16-9-11-17/h4-7,16H,2-3,8-12H2,1H3. The summed E-state index contributed by atoms with van der Waals surface area (Å²) < 4.78 is 0. The lowest BCUT2D eigenvalue weighted by molar-refractivity contribution is -0.130. The van der Waals surface area contributed by atoms with Crippen LogP contribution in [0, 0.1) is 0 Å². The maximum Gasteiger partial charge on any atom is 0.227 e. The average molecular weight is 278 g/mol. The summed E-state index contributed by atoms with van der Waals surface area (Å²) in [6.45, 7) is 5.80. The Morgan fingerprint density at radius 3 is 2.79 bits per heavy atom. The van der Waals surface area contributed by atoms with Crippen molar-refractivity contribution < 1.29 is 4.79 Å². The molecule has 1 N–H and O–H groups in total. The minimum absolute atomic E-state index is 0.250. The number of hydrogen-bond acceptors (Lipinski definition) is 3. The lowest BCUT2D eigenvalue weighted by Crippen LogP contribution is -2.35. The van der Waals surface area contributed by atoms with E-state index in [9.17, 15) is 4.79 Å². The van der Waals surface area contributed by atoms with Gasteiger partial charge in [0.15, 0.2) is 0 Å². The Hall–Kier alpha value is -1.00. The predicted molar refractivity (Wildman–Crippen MR) is 80.6 cm³/mol. The summed E-state index contributed by atoms with van der Waals surface area (Å²) in [7, 11) is 0. The average Bonchev–Trinajstić information content (AvgIpc) is 2.70. The number of carbonyl (C=O) groups excluding carboxylic acids is 1. The lowest BCUT2D eigenvalue weighted by atomic mass is 10.1. The largest absolute Gasteiger partial charge is 0.341 e. The number of nitrogens with one attached hydrogen (secondary N) is 1. The highest BCUT2D eigenvalue weighted by Gasteiger charge is 2.15. The van der Waals surface area contributed by atoms with Crippen LogP contribution < -0.4 is 5.32 Å². The van der Waals surface area contributed by atoms with Crippen molar-refractivity contribution in [2.24, 2.45) is 0 Å². The van der Waals surface area contributed by atoms with Crippen molar-refractivity contribution in [3.8, 4) is 0 Å². The number of thioether (sulfide) groups is 1. The Morgan fingerprint density at radius 1 is 1.26 bits per heavy atom. The van der Waals surface area contributed by atoms with Gasteiger partial charge in [-0.15, -0.1) is 11.8 Å². The van der Waals surface area contributed by atoms with Crippen molar-refractivity contribution in [3.05, 3.63) is 29.8 Å². The molecule has 0 bridgehead atoms. The fourth-order valence-corrected chi connectivity index (χ4v) is 2.91. The second-order valence-electron chi connectivity index (χ2n) is 4.74. The molecule has 0 radical (unpaired) electrons. The number of carbonyl (C=O) groups is 1. The maximum absolute atomic E-state index is 12.2. The van der Waals surface area contributed by atoms with E-state index in [1.807, 2.05) is 16.7 Å². The predicted octanol–water partition coefficient (Wildman–Crippen LogP) is 2.16. The second-order valence-corrected chi connectivity index (χ2v) is 6.08. The third kappa shape index (κ3) is 4.55. The normalized spacial score (nSPS) is 16.2. The van der Waals surface area contributed by atoms with Gasteiger partial charge in [0.05, 0.1) is 6.42 Å². The van der Waals surface area contributed by atoms with Crippen LogP contribution in [0.1, 0.15) is 18.9 Å². The van der Waals surface area contributed by atoms with Gasteiger partial charge in [-0.1, -0.05) is 19.1 Å². The minimum atomic E-state index is 0.250. The zero-order valence-electron chi connectivity index (χ0n) is 11.5. The summed E-state index contributed by atoms with van der Waals surface area (Å²) >= 11 is 1.83. The number of nitrogens with zero attached hydrogens (tertiary/aromatic N) is 1. The molecule has 3 nitrogen and oxygen atoms in total. The molecule has 1 aliphatic heterocycles. The van der Waals surface area contributed by atoms with Crippen LogP contribution in [0.2, 0.25) is 0 Å². The fourth-order valence-electron chi connectivity index (χ4n) is 2.25. The van der Waals surface area contributed by atoms with Gasteiger partial charge in [-0.05, 0) is 36.4 Å². The van der Waals surface area contributed by atoms with Gasteiger partial charge in [-0.3, -0.25) is 4.79 Å². The Labute approximate surface area is 119 Å². The van der Waals surface area contributed by atoms with Gasteiger partial charge in [0.1, 0.15) is 0 Å². The lowest BCUT2D eigenvalue weighted by Gasteiger charge is -2.20. The summed E-state index contributed by atoms with van der Waals surface area (Å²) in [6, 6.07) is 8.37. The van der Waals surface area contributed by atoms with E-state index in [1.165, 1.54) is 4.90 Å². The molecule has 0 aromatic heterocycles. The summed E-state index contributed by atoms with van der Waals surface area (Å²) in [5.74, 6) is 1.33. The van der Waals surface area contributed by atoms with E-state index < -0.39 is 0 Å². The molecular weight excluding hydrogens is 256 g/mol. The molecule has 2 rings (SSSR count). The van der Waals surface area contributed by atoms with Gasteiger partial charge in [0.25, 0.3) is 0 Å². The van der Waals surface area contributed by atoms with E-state index in [4.69, 9.17) is 0 Å². The first-order valence-corrected chi connectivity index (χ1v) is 7.98. The topological polar surface area (TPSA) is 32.3 Å². The van der Waals surface area contributed by atoms with Gasteiger partial charge < -0.3 is 10.2 Å². The maximum atomic E-state index is 12.2. The molecule has 0 atom stereocenters. The molecular formula is C15H22N2OS. The van der Waals surface area contributed by atoms with Crippen molar-refractivity contribution in [3.63, 3.8) is 0 Å². The van der Waals surface area contributed by atoms with Gasteiger partial charge in [0.2, 0.25) is 5.91 Å². The van der Waals surface area contributed by atoms with Crippen molar-refractivity contribution in [1.82, 2.24) is 10.2 Å². The van der Waals surface area contributed by atoms with E-state index in [-0.39, 0.29) is 5.91 Å². The molecule has 19 heavy (non-hydrogen) atoms. The van der Waals surface area contributed by atoms with E-state index in [1.54, 1.807) is 0 Å². The molecule has 0 unspecified atom stereocenters. The highest BCUT2D eigenvalue weighted by molar-refractivity contribution is 7.99. The van der Waals surface area contributed by atoms with E-state index in [2.05, 4.69) is 36.5 Å². The van der Waals surface area contributed by atoms with Crippen LogP contribution in [0.5, 0.6) is 0 Å². The molecule has 0 aliphatic carbocycles. The molecule has 1 amide bonds. The minimum Gasteiger partial charge on any atom is -0.341 e. The van der Waals surface area contributed by atoms with Gasteiger partial charge >= 0.3 is 0 Å². The number of amides is 1. The Bertz CT molecular complexity index is 397. The molecule has 1 aromatic carbocycles. The third-order valence-electron chi connectivity index (χ3n) is 3.28. The smallest absolute Gasteiger partial charge is 0.227 e. The van der Waals surface area contributed by atoms with Gasteiger partial charge in [-0.2, -0.15) is 0 Å². The van der Waals surface area contributed by atoms with Crippen LogP contribution in [0.25, 0.3) is 0 Å². The summed E-state index contributed by atoms with van der Waals surface area (Å²) in [5.41, 5.74) is 1.11. The Balaban J connectivity index is 1.90. The monoisotopic (exact) mass is 278 g/mol. The molecule has 104 valence electrons. The van der Waals surface area contributed by atoms with E-state index >= 15 is 0 Å². The molecule has 0 spiro atoms. The zero-order chi connectivity index (χ0) is 13.5. The van der Waals surface area contributed by atoms with Crippen LogP contribution in [-0.2, 0) is 11.2 Å². The van der Waals surface area contributed by atoms with Crippen molar-refractivity contribution in [2.45, 2.75) is 24.7 Å². The highest BCUT2D eigenvalue weighted by Crippen LogP contribution is 2.18. The number of benzene rings is 1. The summed E-state index contributed by atoms with van der Waals surface area (Å²) in [4.78, 5) is 15.5. The van der Waals surface area contributed by atoms with Crippen molar-refractivity contribution in [1.29, 1.82) is 0 Å². The fraction of sp³-hybridized carbons (Fsp3) is 0.533. The first kappa shape index (κ1) is 14.4. The second kappa shape index (κ2) is 7.56. The summed E-state index contributed by atoms with van der Waals surface area (Å²) in [5, 5.41) is 3.32. The van der Waals surface area contributed by atoms with Crippen LogP contribution in [0.3, 0.4) is 0 Å². The van der Waals surface area contributed by atoms with Crippen LogP contribution in [0.15, 0.2) is 29.2 Å². The third-order valence-corrected chi connectivity index (χ3v) is 4.18. The molecule has 1 fully saturated rings. The highest BCUT2D eigenvalue weighted by atomic mass is 32.2. The molecule has 1 aromatic rings. The van der Waals surface area contributed by atoms with Crippen molar-refractivity contribution >= 4 is 17.7 Å². The van der Waals surface area contributed by atoms with Crippen LogP contribution in [-0.4, -0.2) is 42.7 Å². The SMILES string of the molecule is CCSc1ccc(CC(=O)N2CCCNCC2)cc1. The van der Waals surface area contributed by atoms with Crippen LogP contribution in [0.4, 0.5) is 0 Å². The first-order valence-electron chi connectivity index (χ1n) is 7.00.